The maximum Gasteiger partial charge on any atom is 0.387 e. The van der Waals surface area contributed by atoms with E-state index in [1.807, 2.05) is 0 Å². The van der Waals surface area contributed by atoms with Crippen LogP contribution < -0.4 is 10.1 Å². The molecule has 1 N–H and O–H groups in total. The van der Waals surface area contributed by atoms with E-state index in [4.69, 9.17) is 0 Å². The van der Waals surface area contributed by atoms with Crippen molar-refractivity contribution in [3.63, 3.8) is 0 Å². The van der Waals surface area contributed by atoms with Crippen LogP contribution in [0.1, 0.15) is 0 Å². The molecule has 25 heavy (non-hydrogen) atoms. The third-order valence-electron chi connectivity index (χ3n) is 3.07. The Balaban J connectivity index is 1.97. The molecule has 2 rings (SSSR count). The lowest BCUT2D eigenvalue weighted by Gasteiger charge is -2.16. The van der Waals surface area contributed by atoms with Gasteiger partial charge >= 0.3 is 6.61 Å². The standard InChI is InChI=1S/C15H15F2N3O4S/c1-20(25(22,23)13-3-2-8-18-9-13)10-14(21)19-11-4-6-12(7-5-11)24-15(16)17/h2-9,15H,10H2,1H3,(H,19,21). The van der Waals surface area contributed by atoms with E-state index >= 15 is 0 Å². The van der Waals surface area contributed by atoms with Gasteiger partial charge in [-0.3, -0.25) is 9.78 Å². The van der Waals surface area contributed by atoms with Crippen LogP contribution in [0.25, 0.3) is 0 Å². The van der Waals surface area contributed by atoms with E-state index in [1.54, 1.807) is 0 Å². The number of carbonyl (C=O) groups excluding carboxylic acids is 1. The largest absolute Gasteiger partial charge is 0.435 e. The van der Waals surface area contributed by atoms with Crippen molar-refractivity contribution in [2.24, 2.45) is 0 Å². The highest BCUT2D eigenvalue weighted by atomic mass is 32.2. The van der Waals surface area contributed by atoms with E-state index in [9.17, 15) is 22.0 Å². The van der Waals surface area contributed by atoms with Crippen LogP contribution in [-0.2, 0) is 14.8 Å². The molecule has 0 radical (unpaired) electrons. The average molecular weight is 371 g/mol. The fraction of sp³-hybridized carbons (Fsp3) is 0.200. The molecule has 0 atom stereocenters. The first-order chi connectivity index (χ1) is 11.8. The molecule has 134 valence electrons. The van der Waals surface area contributed by atoms with Crippen LogP contribution in [0.4, 0.5) is 14.5 Å². The number of amides is 1. The Bertz CT molecular complexity index is 814. The zero-order valence-corrected chi connectivity index (χ0v) is 13.9. The molecule has 1 heterocycles. The molecular weight excluding hydrogens is 356 g/mol. The first kappa shape index (κ1) is 18.7. The van der Waals surface area contributed by atoms with Crippen LogP contribution in [0.2, 0.25) is 0 Å². The van der Waals surface area contributed by atoms with Gasteiger partial charge in [0.15, 0.2) is 0 Å². The van der Waals surface area contributed by atoms with Crippen molar-refractivity contribution >= 4 is 21.6 Å². The van der Waals surface area contributed by atoms with Gasteiger partial charge in [0.2, 0.25) is 15.9 Å². The monoisotopic (exact) mass is 371 g/mol. The molecule has 0 saturated heterocycles. The summed E-state index contributed by atoms with van der Waals surface area (Å²) in [5.41, 5.74) is 0.318. The normalized spacial score (nSPS) is 11.6. The molecule has 0 bridgehead atoms. The summed E-state index contributed by atoms with van der Waals surface area (Å²) in [4.78, 5) is 15.7. The third-order valence-corrected chi connectivity index (χ3v) is 4.86. The molecular formula is C15H15F2N3O4S. The molecule has 0 aliphatic rings. The SMILES string of the molecule is CN(CC(=O)Nc1ccc(OC(F)F)cc1)S(=O)(=O)c1cccnc1. The smallest absolute Gasteiger partial charge is 0.387 e. The van der Waals surface area contributed by atoms with Crippen LogP contribution in [0.3, 0.4) is 0 Å². The molecule has 0 aliphatic heterocycles. The molecule has 1 aromatic heterocycles. The topological polar surface area (TPSA) is 88.6 Å². The lowest BCUT2D eigenvalue weighted by Crippen LogP contribution is -2.35. The summed E-state index contributed by atoms with van der Waals surface area (Å²) in [6, 6.07) is 8.11. The summed E-state index contributed by atoms with van der Waals surface area (Å²) >= 11 is 0. The molecule has 10 heteroatoms. The number of nitrogens with one attached hydrogen (secondary N) is 1. The van der Waals surface area contributed by atoms with Gasteiger partial charge in [-0.05, 0) is 36.4 Å². The number of hydrogen-bond donors (Lipinski definition) is 1. The highest BCUT2D eigenvalue weighted by Gasteiger charge is 2.23. The predicted molar refractivity (Wildman–Crippen MR) is 85.8 cm³/mol. The molecule has 0 unspecified atom stereocenters. The maximum absolute atomic E-state index is 12.3. The summed E-state index contributed by atoms with van der Waals surface area (Å²) in [6.07, 6.45) is 2.62. The van der Waals surface area contributed by atoms with Crippen molar-refractivity contribution in [3.05, 3.63) is 48.8 Å². The highest BCUT2D eigenvalue weighted by Crippen LogP contribution is 2.18. The zero-order chi connectivity index (χ0) is 18.4. The van der Waals surface area contributed by atoms with Crippen molar-refractivity contribution in [2.75, 3.05) is 18.9 Å². The molecule has 0 fully saturated rings. The van der Waals surface area contributed by atoms with E-state index < -0.39 is 29.1 Å². The first-order valence-corrected chi connectivity index (χ1v) is 8.44. The zero-order valence-electron chi connectivity index (χ0n) is 13.1. The Morgan fingerprint density at radius 3 is 2.52 bits per heavy atom. The molecule has 1 aromatic carbocycles. The number of sulfonamides is 1. The second-order valence-corrected chi connectivity index (χ2v) is 6.95. The lowest BCUT2D eigenvalue weighted by atomic mass is 10.3. The number of rotatable bonds is 7. The Kier molecular flexibility index (Phi) is 5.99. The van der Waals surface area contributed by atoms with Gasteiger partial charge in [-0.1, -0.05) is 0 Å². The lowest BCUT2D eigenvalue weighted by molar-refractivity contribution is -0.116. The van der Waals surface area contributed by atoms with E-state index in [0.29, 0.717) is 5.69 Å². The molecule has 2 aromatic rings. The molecule has 7 nitrogen and oxygen atoms in total. The molecule has 0 spiro atoms. The number of ether oxygens (including phenoxy) is 1. The van der Waals surface area contributed by atoms with Gasteiger partial charge in [0, 0.05) is 25.1 Å². The number of pyridine rings is 1. The summed E-state index contributed by atoms with van der Waals surface area (Å²) < 4.78 is 53.8. The minimum atomic E-state index is -3.84. The van der Waals surface area contributed by atoms with E-state index in [-0.39, 0.29) is 10.6 Å². The number of benzene rings is 1. The van der Waals surface area contributed by atoms with Crippen molar-refractivity contribution in [3.8, 4) is 5.75 Å². The van der Waals surface area contributed by atoms with Crippen LogP contribution in [0.15, 0.2) is 53.7 Å². The van der Waals surface area contributed by atoms with Crippen molar-refractivity contribution < 1.29 is 26.7 Å². The molecule has 0 saturated carbocycles. The van der Waals surface area contributed by atoms with E-state index in [1.165, 1.54) is 55.8 Å². The van der Waals surface area contributed by atoms with Gasteiger partial charge < -0.3 is 10.1 Å². The summed E-state index contributed by atoms with van der Waals surface area (Å²) in [7, 11) is -2.57. The number of likely N-dealkylation sites (N-methyl/N-ethyl adjacent to an activating group) is 1. The van der Waals surface area contributed by atoms with Crippen LogP contribution in [0, 0.1) is 0 Å². The van der Waals surface area contributed by atoms with Gasteiger partial charge in [0.1, 0.15) is 10.6 Å². The third kappa shape index (κ3) is 5.19. The maximum atomic E-state index is 12.3. The number of aromatic nitrogens is 1. The number of carbonyl (C=O) groups is 1. The fourth-order valence-corrected chi connectivity index (χ4v) is 2.98. The summed E-state index contributed by atoms with van der Waals surface area (Å²) in [5.74, 6) is -0.637. The van der Waals surface area contributed by atoms with Crippen molar-refractivity contribution in [2.45, 2.75) is 11.5 Å². The van der Waals surface area contributed by atoms with Gasteiger partial charge in [-0.2, -0.15) is 13.1 Å². The Labute approximate surface area is 143 Å². The van der Waals surface area contributed by atoms with Crippen molar-refractivity contribution in [1.29, 1.82) is 0 Å². The first-order valence-electron chi connectivity index (χ1n) is 7.00. The number of halogens is 2. The van der Waals surface area contributed by atoms with Crippen LogP contribution in [0.5, 0.6) is 5.75 Å². The number of alkyl halides is 2. The molecule has 1 amide bonds. The second kappa shape index (κ2) is 7.99. The molecule has 0 aliphatic carbocycles. The fourth-order valence-electron chi connectivity index (χ4n) is 1.89. The van der Waals surface area contributed by atoms with E-state index in [0.717, 1.165) is 4.31 Å². The van der Waals surface area contributed by atoms with E-state index in [2.05, 4.69) is 15.0 Å². The quantitative estimate of drug-likeness (QED) is 0.804. The van der Waals surface area contributed by atoms with Gasteiger partial charge in [0.25, 0.3) is 0 Å². The van der Waals surface area contributed by atoms with Crippen LogP contribution in [-0.4, -0.2) is 43.8 Å². The summed E-state index contributed by atoms with van der Waals surface area (Å²) in [6.45, 7) is -3.36. The van der Waals surface area contributed by atoms with Gasteiger partial charge in [-0.25, -0.2) is 8.42 Å². The average Bonchev–Trinajstić information content (AvgIpc) is 2.57. The number of nitrogens with zero attached hydrogens (tertiary/aromatic N) is 2. The predicted octanol–water partition coefficient (Wildman–Crippen LogP) is 1.94. The van der Waals surface area contributed by atoms with Gasteiger partial charge in [-0.15, -0.1) is 0 Å². The Hall–Kier alpha value is -2.59. The second-order valence-electron chi connectivity index (χ2n) is 4.90. The summed E-state index contributed by atoms with van der Waals surface area (Å²) in [5, 5.41) is 2.47. The minimum Gasteiger partial charge on any atom is -0.435 e. The number of anilines is 1. The van der Waals surface area contributed by atoms with Crippen LogP contribution >= 0.6 is 0 Å². The Morgan fingerprint density at radius 2 is 1.96 bits per heavy atom. The minimum absolute atomic E-state index is 0.0289. The van der Waals surface area contributed by atoms with Crippen molar-refractivity contribution in [1.82, 2.24) is 9.29 Å². The highest BCUT2D eigenvalue weighted by molar-refractivity contribution is 7.89. The van der Waals surface area contributed by atoms with Gasteiger partial charge in [0.05, 0.1) is 6.54 Å². The number of hydrogen-bond acceptors (Lipinski definition) is 5. The Morgan fingerprint density at radius 1 is 1.28 bits per heavy atom.